The number of hydrogen-bond donors (Lipinski definition) is 1. The van der Waals surface area contributed by atoms with Crippen LogP contribution in [0.5, 0.6) is 0 Å². The summed E-state index contributed by atoms with van der Waals surface area (Å²) >= 11 is 3.36. The molecule has 90 valence electrons. The van der Waals surface area contributed by atoms with Crippen LogP contribution in [0, 0.1) is 0 Å². The van der Waals surface area contributed by atoms with Gasteiger partial charge in [-0.25, -0.2) is 0 Å². The van der Waals surface area contributed by atoms with Crippen LogP contribution in [0.1, 0.15) is 30.6 Å². The van der Waals surface area contributed by atoms with E-state index in [2.05, 4.69) is 32.9 Å². The number of aryl methyl sites for hydroxylation is 1. The monoisotopic (exact) mass is 294 g/mol. The van der Waals surface area contributed by atoms with Gasteiger partial charge >= 0.3 is 0 Å². The van der Waals surface area contributed by atoms with Crippen LogP contribution in [-0.2, 0) is 6.54 Å². The zero-order valence-corrected chi connectivity index (χ0v) is 11.3. The van der Waals surface area contributed by atoms with Crippen molar-refractivity contribution in [2.75, 3.05) is 0 Å². The van der Waals surface area contributed by atoms with Crippen molar-refractivity contribution in [3.8, 4) is 0 Å². The summed E-state index contributed by atoms with van der Waals surface area (Å²) in [6, 6.07) is 3.65. The van der Waals surface area contributed by atoms with Gasteiger partial charge in [0.15, 0.2) is 0 Å². The quantitative estimate of drug-likeness (QED) is 0.943. The van der Waals surface area contributed by atoms with Crippen molar-refractivity contribution in [3.63, 3.8) is 0 Å². The standard InChI is InChI=1S/C12H15BrN4/c1-2-5-17-8-9(6-16-17)12(14)11-4-3-10(13)7-15-11/h3-4,6-8,12H,2,5,14H2,1H3. The zero-order chi connectivity index (χ0) is 12.3. The molecule has 1 unspecified atom stereocenters. The van der Waals surface area contributed by atoms with Crippen LogP contribution in [0.4, 0.5) is 0 Å². The third-order valence-corrected chi connectivity index (χ3v) is 3.00. The van der Waals surface area contributed by atoms with Crippen LogP contribution in [0.25, 0.3) is 0 Å². The lowest BCUT2D eigenvalue weighted by molar-refractivity contribution is 0.601. The molecule has 0 amide bonds. The number of nitrogens with two attached hydrogens (primary N) is 1. The molecule has 2 aromatic rings. The largest absolute Gasteiger partial charge is 0.319 e. The van der Waals surface area contributed by atoms with Crippen molar-refractivity contribution in [1.82, 2.24) is 14.8 Å². The molecule has 2 rings (SSSR count). The Morgan fingerprint density at radius 3 is 2.88 bits per heavy atom. The first kappa shape index (κ1) is 12.3. The summed E-state index contributed by atoms with van der Waals surface area (Å²) in [5.74, 6) is 0. The molecule has 0 aliphatic rings. The average molecular weight is 295 g/mol. The van der Waals surface area contributed by atoms with Crippen LogP contribution in [0.3, 0.4) is 0 Å². The predicted octanol–water partition coefficient (Wildman–Crippen LogP) is 2.50. The van der Waals surface area contributed by atoms with Crippen molar-refractivity contribution in [3.05, 3.63) is 46.5 Å². The van der Waals surface area contributed by atoms with Gasteiger partial charge < -0.3 is 5.73 Å². The van der Waals surface area contributed by atoms with E-state index in [1.807, 2.05) is 29.2 Å². The molecule has 0 bridgehead atoms. The summed E-state index contributed by atoms with van der Waals surface area (Å²) in [6.07, 6.45) is 6.61. The summed E-state index contributed by atoms with van der Waals surface area (Å²) < 4.78 is 2.86. The summed E-state index contributed by atoms with van der Waals surface area (Å²) in [7, 11) is 0. The highest BCUT2D eigenvalue weighted by Gasteiger charge is 2.12. The Bertz CT molecular complexity index is 478. The van der Waals surface area contributed by atoms with E-state index in [4.69, 9.17) is 5.73 Å². The Labute approximate surface area is 109 Å². The molecule has 0 saturated carbocycles. The Kier molecular flexibility index (Phi) is 3.91. The van der Waals surface area contributed by atoms with Crippen LogP contribution < -0.4 is 5.73 Å². The normalized spacial score (nSPS) is 12.6. The number of pyridine rings is 1. The fourth-order valence-corrected chi connectivity index (χ4v) is 1.87. The maximum absolute atomic E-state index is 6.14. The lowest BCUT2D eigenvalue weighted by Crippen LogP contribution is -2.12. The minimum Gasteiger partial charge on any atom is -0.319 e. The van der Waals surface area contributed by atoms with E-state index in [0.717, 1.165) is 28.7 Å². The molecule has 0 radical (unpaired) electrons. The molecule has 17 heavy (non-hydrogen) atoms. The van der Waals surface area contributed by atoms with E-state index in [1.165, 1.54) is 0 Å². The second-order valence-corrected chi connectivity index (χ2v) is 4.83. The fourth-order valence-electron chi connectivity index (χ4n) is 1.63. The molecule has 2 N–H and O–H groups in total. The molecular formula is C12H15BrN4. The molecule has 1 atom stereocenters. The van der Waals surface area contributed by atoms with Gasteiger partial charge in [0, 0.05) is 29.0 Å². The van der Waals surface area contributed by atoms with Crippen molar-refractivity contribution < 1.29 is 0 Å². The third-order valence-electron chi connectivity index (χ3n) is 2.53. The minimum atomic E-state index is -0.214. The van der Waals surface area contributed by atoms with Crippen molar-refractivity contribution >= 4 is 15.9 Å². The van der Waals surface area contributed by atoms with Crippen molar-refractivity contribution in [2.24, 2.45) is 5.73 Å². The molecule has 0 aromatic carbocycles. The zero-order valence-electron chi connectivity index (χ0n) is 9.68. The first-order valence-electron chi connectivity index (χ1n) is 5.60. The predicted molar refractivity (Wildman–Crippen MR) is 70.5 cm³/mol. The van der Waals surface area contributed by atoms with Crippen LogP contribution in [-0.4, -0.2) is 14.8 Å². The minimum absolute atomic E-state index is 0.214. The Hall–Kier alpha value is -1.20. The number of rotatable bonds is 4. The maximum atomic E-state index is 6.14. The van der Waals surface area contributed by atoms with Gasteiger partial charge in [0.25, 0.3) is 0 Å². The Morgan fingerprint density at radius 2 is 2.24 bits per heavy atom. The summed E-state index contributed by atoms with van der Waals surface area (Å²) in [5.41, 5.74) is 7.99. The first-order chi connectivity index (χ1) is 8.20. The van der Waals surface area contributed by atoms with Crippen LogP contribution in [0.2, 0.25) is 0 Å². The van der Waals surface area contributed by atoms with Gasteiger partial charge in [-0.2, -0.15) is 5.10 Å². The van der Waals surface area contributed by atoms with Crippen molar-refractivity contribution in [1.29, 1.82) is 0 Å². The molecule has 2 aromatic heterocycles. The molecular weight excluding hydrogens is 280 g/mol. The summed E-state index contributed by atoms with van der Waals surface area (Å²) in [6.45, 7) is 3.04. The van der Waals surface area contributed by atoms with Gasteiger partial charge in [0.1, 0.15) is 0 Å². The maximum Gasteiger partial charge on any atom is 0.0757 e. The molecule has 2 heterocycles. The number of halogens is 1. The molecule has 0 spiro atoms. The van der Waals surface area contributed by atoms with E-state index in [-0.39, 0.29) is 6.04 Å². The van der Waals surface area contributed by atoms with Gasteiger partial charge in [-0.1, -0.05) is 6.92 Å². The average Bonchev–Trinajstić information content (AvgIpc) is 2.78. The smallest absolute Gasteiger partial charge is 0.0757 e. The molecule has 0 aliphatic carbocycles. The van der Waals surface area contributed by atoms with Gasteiger partial charge in [-0.15, -0.1) is 0 Å². The molecule has 4 nitrogen and oxygen atoms in total. The van der Waals surface area contributed by atoms with E-state index in [0.29, 0.717) is 0 Å². The lowest BCUT2D eigenvalue weighted by Gasteiger charge is -2.08. The van der Waals surface area contributed by atoms with Crippen LogP contribution >= 0.6 is 15.9 Å². The number of nitrogens with zero attached hydrogens (tertiary/aromatic N) is 3. The van der Waals surface area contributed by atoms with Gasteiger partial charge in [0.05, 0.1) is 17.9 Å². The number of hydrogen-bond acceptors (Lipinski definition) is 3. The van der Waals surface area contributed by atoms with Crippen molar-refractivity contribution in [2.45, 2.75) is 25.9 Å². The van der Waals surface area contributed by atoms with Gasteiger partial charge in [0.2, 0.25) is 0 Å². The molecule has 5 heteroatoms. The number of aromatic nitrogens is 3. The summed E-state index contributed by atoms with van der Waals surface area (Å²) in [5, 5.41) is 4.27. The van der Waals surface area contributed by atoms with Crippen LogP contribution in [0.15, 0.2) is 35.2 Å². The highest BCUT2D eigenvalue weighted by atomic mass is 79.9. The highest BCUT2D eigenvalue weighted by molar-refractivity contribution is 9.10. The lowest BCUT2D eigenvalue weighted by atomic mass is 10.1. The topological polar surface area (TPSA) is 56.7 Å². The molecule has 0 aliphatic heterocycles. The molecule has 0 saturated heterocycles. The van der Waals surface area contributed by atoms with E-state index in [1.54, 1.807) is 6.20 Å². The second-order valence-electron chi connectivity index (χ2n) is 3.92. The highest BCUT2D eigenvalue weighted by Crippen LogP contribution is 2.18. The van der Waals surface area contributed by atoms with E-state index >= 15 is 0 Å². The SMILES string of the molecule is CCCn1cc(C(N)c2ccc(Br)cn2)cn1. The van der Waals surface area contributed by atoms with Gasteiger partial charge in [-0.05, 0) is 34.5 Å². The first-order valence-corrected chi connectivity index (χ1v) is 6.39. The molecule has 0 fully saturated rings. The summed E-state index contributed by atoms with van der Waals surface area (Å²) in [4.78, 5) is 4.30. The fraction of sp³-hybridized carbons (Fsp3) is 0.333. The van der Waals surface area contributed by atoms with E-state index < -0.39 is 0 Å². The third kappa shape index (κ3) is 2.92. The Morgan fingerprint density at radius 1 is 1.41 bits per heavy atom. The second kappa shape index (κ2) is 5.42. The van der Waals surface area contributed by atoms with Gasteiger partial charge in [-0.3, -0.25) is 9.67 Å². The Balaban J connectivity index is 2.18. The van der Waals surface area contributed by atoms with E-state index in [9.17, 15) is 0 Å².